The fourth-order valence-electron chi connectivity index (χ4n) is 4.12. The van der Waals surface area contributed by atoms with E-state index in [0.29, 0.717) is 10.9 Å². The highest BCUT2D eigenvalue weighted by molar-refractivity contribution is 7.99. The summed E-state index contributed by atoms with van der Waals surface area (Å²) in [6, 6.07) is 17.6. The third kappa shape index (κ3) is 4.94. The van der Waals surface area contributed by atoms with Crippen LogP contribution in [0.5, 0.6) is 0 Å². The summed E-state index contributed by atoms with van der Waals surface area (Å²) in [4.78, 5) is 28.1. The Morgan fingerprint density at radius 3 is 2.31 bits per heavy atom. The molecule has 0 aliphatic heterocycles. The molecule has 0 atom stereocenters. The maximum atomic E-state index is 13.0. The largest absolute Gasteiger partial charge is 0.372 e. The number of hydrogen-bond acceptors (Lipinski definition) is 6. The van der Waals surface area contributed by atoms with Gasteiger partial charge in [-0.1, -0.05) is 30.0 Å². The Hall–Kier alpha value is -3.79. The maximum absolute atomic E-state index is 13.0. The van der Waals surface area contributed by atoms with Crippen molar-refractivity contribution < 1.29 is 4.79 Å². The minimum absolute atomic E-state index is 0.103. The average Bonchev–Trinajstić information content (AvgIpc) is 3.36. The fourth-order valence-corrected chi connectivity index (χ4v) is 4.83. The molecule has 9 nitrogen and oxygen atoms in total. The van der Waals surface area contributed by atoms with E-state index >= 15 is 0 Å². The van der Waals surface area contributed by atoms with Crippen molar-refractivity contribution in [1.82, 2.24) is 24.1 Å². The quantitative estimate of drug-likeness (QED) is 0.348. The monoisotopic (exact) mass is 505 g/mol. The van der Waals surface area contributed by atoms with Gasteiger partial charge in [-0.25, -0.2) is 4.68 Å². The number of carbonyl (C=O) groups excluding carboxylic acids is 1. The molecule has 0 saturated carbocycles. The standard InChI is InChI=1S/C26H31N7O2S/c1-6-32(7-2)20-15-13-19(14-16-20)24-28-29-26(30(24)4)36-17-22(34)27-23-18(3)31(5)33(25(23)35)21-11-9-8-10-12-21/h8-16H,6-7,17H2,1-5H3,(H,27,34). The molecular weight excluding hydrogens is 474 g/mol. The highest BCUT2D eigenvalue weighted by Crippen LogP contribution is 2.25. The molecule has 2 aromatic carbocycles. The van der Waals surface area contributed by atoms with Crippen molar-refractivity contribution in [3.63, 3.8) is 0 Å². The number of thioether (sulfide) groups is 1. The lowest BCUT2D eigenvalue weighted by atomic mass is 10.2. The molecule has 1 N–H and O–H groups in total. The molecular formula is C26H31N7O2S. The average molecular weight is 506 g/mol. The van der Waals surface area contributed by atoms with E-state index in [4.69, 9.17) is 0 Å². The summed E-state index contributed by atoms with van der Waals surface area (Å²) in [7, 11) is 3.68. The summed E-state index contributed by atoms with van der Waals surface area (Å²) in [5, 5.41) is 12.0. The Labute approximate surface area is 214 Å². The molecule has 0 radical (unpaired) electrons. The highest BCUT2D eigenvalue weighted by atomic mass is 32.2. The van der Waals surface area contributed by atoms with Crippen LogP contribution in [-0.4, -0.2) is 48.9 Å². The van der Waals surface area contributed by atoms with Crippen LogP contribution in [0.2, 0.25) is 0 Å². The van der Waals surface area contributed by atoms with E-state index in [1.807, 2.05) is 61.0 Å². The van der Waals surface area contributed by atoms with Crippen LogP contribution in [0.15, 0.2) is 64.5 Å². The zero-order valence-corrected chi connectivity index (χ0v) is 22.0. The molecule has 10 heteroatoms. The van der Waals surface area contributed by atoms with Crippen molar-refractivity contribution in [2.24, 2.45) is 14.1 Å². The fraction of sp³-hybridized carbons (Fsp3) is 0.308. The molecule has 1 amide bonds. The van der Waals surface area contributed by atoms with Gasteiger partial charge >= 0.3 is 0 Å². The Kier molecular flexibility index (Phi) is 7.64. The van der Waals surface area contributed by atoms with E-state index in [1.165, 1.54) is 17.4 Å². The minimum atomic E-state index is -0.279. The number of hydrogen-bond donors (Lipinski definition) is 1. The van der Waals surface area contributed by atoms with Crippen LogP contribution >= 0.6 is 11.8 Å². The molecule has 4 aromatic rings. The molecule has 0 unspecified atom stereocenters. The van der Waals surface area contributed by atoms with Gasteiger partial charge in [0.25, 0.3) is 5.56 Å². The van der Waals surface area contributed by atoms with Crippen LogP contribution in [0.4, 0.5) is 11.4 Å². The third-order valence-electron chi connectivity index (χ3n) is 6.24. The van der Waals surface area contributed by atoms with Gasteiger partial charge in [0.2, 0.25) is 5.91 Å². The van der Waals surface area contributed by atoms with E-state index in [-0.39, 0.29) is 22.9 Å². The molecule has 4 rings (SSSR count). The number of anilines is 2. The van der Waals surface area contributed by atoms with Crippen LogP contribution < -0.4 is 15.8 Å². The van der Waals surface area contributed by atoms with Gasteiger partial charge in [0, 0.05) is 38.4 Å². The Morgan fingerprint density at radius 2 is 1.67 bits per heavy atom. The smallest absolute Gasteiger partial charge is 0.295 e. The van der Waals surface area contributed by atoms with Crippen molar-refractivity contribution in [1.29, 1.82) is 0 Å². The first-order valence-corrected chi connectivity index (χ1v) is 12.9. The Bertz CT molecular complexity index is 1400. The topological polar surface area (TPSA) is 90.0 Å². The predicted octanol–water partition coefficient (Wildman–Crippen LogP) is 3.86. The molecule has 0 aliphatic rings. The van der Waals surface area contributed by atoms with Crippen LogP contribution in [0, 0.1) is 6.92 Å². The summed E-state index contributed by atoms with van der Waals surface area (Å²) in [5.41, 5.74) is 3.54. The molecule has 2 heterocycles. The van der Waals surface area contributed by atoms with Crippen LogP contribution in [0.25, 0.3) is 17.1 Å². The van der Waals surface area contributed by atoms with Gasteiger partial charge in [0.1, 0.15) is 5.69 Å². The van der Waals surface area contributed by atoms with Gasteiger partial charge in [-0.05, 0) is 57.2 Å². The maximum Gasteiger partial charge on any atom is 0.295 e. The number of amides is 1. The van der Waals surface area contributed by atoms with Crippen LogP contribution in [-0.2, 0) is 18.9 Å². The lowest BCUT2D eigenvalue weighted by Gasteiger charge is -2.21. The van der Waals surface area contributed by atoms with E-state index in [0.717, 1.165) is 30.2 Å². The minimum Gasteiger partial charge on any atom is -0.372 e. The van der Waals surface area contributed by atoms with Gasteiger partial charge in [-0.2, -0.15) is 0 Å². The second-order valence-electron chi connectivity index (χ2n) is 8.36. The molecule has 0 spiro atoms. The summed E-state index contributed by atoms with van der Waals surface area (Å²) in [6.45, 7) is 7.98. The molecule has 2 aromatic heterocycles. The number of rotatable bonds is 9. The van der Waals surface area contributed by atoms with Crippen molar-refractivity contribution in [3.05, 3.63) is 70.6 Å². The SMILES string of the molecule is CCN(CC)c1ccc(-c2nnc(SCC(=O)Nc3c(C)n(C)n(-c4ccccc4)c3=O)n2C)cc1. The predicted molar refractivity (Wildman–Crippen MR) is 145 cm³/mol. The Balaban J connectivity index is 1.44. The van der Waals surface area contributed by atoms with Gasteiger partial charge in [-0.15, -0.1) is 10.2 Å². The molecule has 188 valence electrons. The van der Waals surface area contributed by atoms with Gasteiger partial charge in [-0.3, -0.25) is 14.3 Å². The van der Waals surface area contributed by atoms with E-state index in [2.05, 4.69) is 46.4 Å². The van der Waals surface area contributed by atoms with Gasteiger partial charge in [0.15, 0.2) is 11.0 Å². The number of para-hydroxylation sites is 1. The van der Waals surface area contributed by atoms with Gasteiger partial charge < -0.3 is 14.8 Å². The second kappa shape index (κ2) is 10.9. The lowest BCUT2D eigenvalue weighted by molar-refractivity contribution is -0.113. The second-order valence-corrected chi connectivity index (χ2v) is 9.30. The van der Waals surface area contributed by atoms with Crippen molar-refractivity contribution in [3.8, 4) is 17.1 Å². The van der Waals surface area contributed by atoms with Crippen LogP contribution in [0.1, 0.15) is 19.5 Å². The zero-order valence-electron chi connectivity index (χ0n) is 21.2. The lowest BCUT2D eigenvalue weighted by Crippen LogP contribution is -2.23. The summed E-state index contributed by atoms with van der Waals surface area (Å²) < 4.78 is 5.15. The number of nitrogens with one attached hydrogen (secondary N) is 1. The van der Waals surface area contributed by atoms with Crippen molar-refractivity contribution in [2.75, 3.05) is 29.1 Å². The Morgan fingerprint density at radius 1 is 1.00 bits per heavy atom. The normalized spacial score (nSPS) is 11.0. The van der Waals surface area contributed by atoms with E-state index in [9.17, 15) is 9.59 Å². The summed E-state index contributed by atoms with van der Waals surface area (Å²) in [6.07, 6.45) is 0. The molecule has 0 fully saturated rings. The molecule has 0 saturated heterocycles. The third-order valence-corrected chi connectivity index (χ3v) is 7.26. The zero-order chi connectivity index (χ0) is 25.8. The summed E-state index contributed by atoms with van der Waals surface area (Å²) in [5.74, 6) is 0.555. The highest BCUT2D eigenvalue weighted by Gasteiger charge is 2.19. The van der Waals surface area contributed by atoms with E-state index < -0.39 is 0 Å². The first kappa shape index (κ1) is 25.3. The number of aromatic nitrogens is 5. The first-order valence-electron chi connectivity index (χ1n) is 11.9. The van der Waals surface area contributed by atoms with Crippen molar-refractivity contribution >= 4 is 29.0 Å². The van der Waals surface area contributed by atoms with Crippen LogP contribution in [0.3, 0.4) is 0 Å². The van der Waals surface area contributed by atoms with Gasteiger partial charge in [0.05, 0.1) is 17.1 Å². The van der Waals surface area contributed by atoms with E-state index in [1.54, 1.807) is 16.4 Å². The summed E-state index contributed by atoms with van der Waals surface area (Å²) >= 11 is 1.28. The van der Waals surface area contributed by atoms with Crippen molar-refractivity contribution in [2.45, 2.75) is 25.9 Å². The molecule has 0 bridgehead atoms. The molecule has 0 aliphatic carbocycles. The number of carbonyl (C=O) groups is 1. The number of nitrogens with zero attached hydrogens (tertiary/aromatic N) is 6. The number of benzene rings is 2. The first-order chi connectivity index (χ1) is 17.3. The molecule has 36 heavy (non-hydrogen) atoms.